The van der Waals surface area contributed by atoms with E-state index in [0.29, 0.717) is 13.2 Å². The van der Waals surface area contributed by atoms with E-state index < -0.39 is 0 Å². The topological polar surface area (TPSA) is 24.9 Å². The molecule has 0 bridgehead atoms. The first-order valence-corrected chi connectivity index (χ1v) is 22.4. The lowest BCUT2D eigenvalue weighted by molar-refractivity contribution is 0.172. The third-order valence-corrected chi connectivity index (χ3v) is 14.1. The molecular weight excluding hydrogens is 751 g/mol. The van der Waals surface area contributed by atoms with E-state index in [2.05, 4.69) is 195 Å². The summed E-state index contributed by atoms with van der Waals surface area (Å²) < 4.78 is 15.5. The lowest BCUT2D eigenvalue weighted by Crippen LogP contribution is -2.60. The third-order valence-electron chi connectivity index (χ3n) is 12.9. The Hall–Kier alpha value is -5.46. The predicted molar refractivity (Wildman–Crippen MR) is 258 cm³/mol. The quantitative estimate of drug-likeness (QED) is 0.166. The van der Waals surface area contributed by atoms with Crippen LogP contribution in [-0.2, 0) is 16.2 Å². The van der Waals surface area contributed by atoms with Crippen molar-refractivity contribution in [3.05, 3.63) is 137 Å². The molecule has 6 aromatic carbocycles. The SMILES string of the molecule is Cc1cc(C(C)(C)C)cc(C)c1N1c2cccc3c2B(c2cc4c(cc2N3c2ccc(C(C)(C)C)cc2-c2ccccc2)OCCO4)c2sc3ccc(C(C)(C)C)cc3c21. The molecule has 60 heavy (non-hydrogen) atoms. The highest BCUT2D eigenvalue weighted by molar-refractivity contribution is 7.33. The van der Waals surface area contributed by atoms with E-state index in [-0.39, 0.29) is 23.0 Å². The first kappa shape index (κ1) is 38.7. The largest absolute Gasteiger partial charge is 0.486 e. The van der Waals surface area contributed by atoms with Crippen LogP contribution in [0.25, 0.3) is 21.2 Å². The molecule has 0 radical (unpaired) electrons. The molecule has 4 nitrogen and oxygen atoms in total. The molecule has 302 valence electrons. The molecule has 6 heteroatoms. The van der Waals surface area contributed by atoms with E-state index >= 15 is 0 Å². The average Bonchev–Trinajstić information content (AvgIpc) is 3.58. The van der Waals surface area contributed by atoms with Gasteiger partial charge in [-0.1, -0.05) is 123 Å². The second-order valence-electron chi connectivity index (χ2n) is 20.2. The summed E-state index contributed by atoms with van der Waals surface area (Å²) in [6.45, 7) is 26.5. The minimum Gasteiger partial charge on any atom is -0.486 e. The summed E-state index contributed by atoms with van der Waals surface area (Å²) in [6.07, 6.45) is 0. The van der Waals surface area contributed by atoms with Crippen molar-refractivity contribution in [1.29, 1.82) is 0 Å². The number of rotatable bonds is 3. The van der Waals surface area contributed by atoms with Crippen LogP contribution >= 0.6 is 11.3 Å². The summed E-state index contributed by atoms with van der Waals surface area (Å²) in [5.74, 6) is 1.61. The highest BCUT2D eigenvalue weighted by Gasteiger charge is 2.47. The van der Waals surface area contributed by atoms with Gasteiger partial charge in [-0.25, -0.2) is 0 Å². The standard InChI is InChI=1S/C54H55BN2O2S/c1-32-26-37(54(9,10)11)27-33(2)49(32)57-43-19-15-18-42-48(43)55(51-50(57)39-29-36(53(6,7)8)21-23-47(39)60-51)40-30-45-46(59-25-24-58-45)31-44(40)56(42)41-22-20-35(52(3,4)5)28-38(41)34-16-13-12-14-17-34/h12-23,26-31H,24-25H2,1-11H3. The number of thiophene rings is 1. The molecule has 1 aromatic heterocycles. The van der Waals surface area contributed by atoms with E-state index in [4.69, 9.17) is 9.47 Å². The van der Waals surface area contributed by atoms with Crippen LogP contribution in [0.1, 0.15) is 90.1 Å². The maximum atomic E-state index is 6.42. The van der Waals surface area contributed by atoms with Crippen LogP contribution in [0.5, 0.6) is 11.5 Å². The number of anilines is 6. The molecule has 3 aliphatic heterocycles. The lowest BCUT2D eigenvalue weighted by atomic mass is 9.36. The smallest absolute Gasteiger partial charge is 0.264 e. The van der Waals surface area contributed by atoms with Crippen LogP contribution in [0.15, 0.2) is 109 Å². The highest BCUT2D eigenvalue weighted by atomic mass is 32.1. The molecule has 10 rings (SSSR count). The zero-order chi connectivity index (χ0) is 42.0. The Bertz CT molecular complexity index is 2850. The van der Waals surface area contributed by atoms with Gasteiger partial charge in [-0.3, -0.25) is 0 Å². The van der Waals surface area contributed by atoms with Gasteiger partial charge in [0.1, 0.15) is 13.2 Å². The van der Waals surface area contributed by atoms with E-state index in [0.717, 1.165) is 22.9 Å². The molecule has 0 saturated heterocycles. The van der Waals surface area contributed by atoms with Gasteiger partial charge in [-0.05, 0) is 117 Å². The Balaban J connectivity index is 1.33. The number of fused-ring (bicyclic) bond motifs is 7. The molecule has 3 aliphatic rings. The van der Waals surface area contributed by atoms with E-state index in [1.54, 1.807) is 0 Å². The Labute approximate surface area is 360 Å². The van der Waals surface area contributed by atoms with Crippen molar-refractivity contribution in [1.82, 2.24) is 0 Å². The molecule has 0 unspecified atom stereocenters. The first-order chi connectivity index (χ1) is 28.5. The van der Waals surface area contributed by atoms with Gasteiger partial charge in [0.25, 0.3) is 6.71 Å². The highest BCUT2D eigenvalue weighted by Crippen LogP contribution is 2.52. The van der Waals surface area contributed by atoms with E-state index in [9.17, 15) is 0 Å². The molecule has 0 aliphatic carbocycles. The molecule has 0 N–H and O–H groups in total. The number of ether oxygens (including phenoxy) is 2. The number of benzene rings is 6. The fourth-order valence-electron chi connectivity index (χ4n) is 9.70. The minimum atomic E-state index is -0.0245. The van der Waals surface area contributed by atoms with Crippen LogP contribution < -0.4 is 35.0 Å². The van der Waals surface area contributed by atoms with Gasteiger partial charge >= 0.3 is 0 Å². The fourth-order valence-corrected chi connectivity index (χ4v) is 11.0. The van der Waals surface area contributed by atoms with Crippen molar-refractivity contribution in [2.24, 2.45) is 0 Å². The van der Waals surface area contributed by atoms with E-state index in [1.165, 1.54) is 87.5 Å². The van der Waals surface area contributed by atoms with Gasteiger partial charge in [-0.15, -0.1) is 11.3 Å². The van der Waals surface area contributed by atoms with Gasteiger partial charge in [-0.2, -0.15) is 0 Å². The maximum Gasteiger partial charge on any atom is 0.264 e. The third kappa shape index (κ3) is 6.08. The van der Waals surface area contributed by atoms with Crippen molar-refractivity contribution in [2.45, 2.75) is 92.4 Å². The zero-order valence-corrected chi connectivity index (χ0v) is 37.8. The van der Waals surface area contributed by atoms with Crippen LogP contribution in [0.4, 0.5) is 34.1 Å². The monoisotopic (exact) mass is 806 g/mol. The van der Waals surface area contributed by atoms with Crippen LogP contribution in [0.3, 0.4) is 0 Å². The Morgan fingerprint density at radius 3 is 1.78 bits per heavy atom. The summed E-state index contributed by atoms with van der Waals surface area (Å²) in [5.41, 5.74) is 18.8. The predicted octanol–water partition coefficient (Wildman–Crippen LogP) is 12.9. The molecule has 0 fully saturated rings. The fraction of sp³-hybridized carbons (Fsp3) is 0.296. The van der Waals surface area contributed by atoms with Crippen LogP contribution in [-0.4, -0.2) is 19.9 Å². The number of hydrogen-bond donors (Lipinski definition) is 0. The average molecular weight is 807 g/mol. The summed E-state index contributed by atoms with van der Waals surface area (Å²) >= 11 is 1.95. The second-order valence-corrected chi connectivity index (χ2v) is 21.3. The van der Waals surface area contributed by atoms with Crippen molar-refractivity contribution in [3.63, 3.8) is 0 Å². The van der Waals surface area contributed by atoms with Gasteiger partial charge in [0.2, 0.25) is 0 Å². The lowest BCUT2D eigenvalue weighted by Gasteiger charge is -2.44. The Morgan fingerprint density at radius 1 is 0.533 bits per heavy atom. The number of aryl methyl sites for hydroxylation is 2. The van der Waals surface area contributed by atoms with Gasteiger partial charge in [0.05, 0.1) is 17.1 Å². The molecule has 7 aromatic rings. The second kappa shape index (κ2) is 13.5. The zero-order valence-electron chi connectivity index (χ0n) is 37.0. The van der Waals surface area contributed by atoms with Gasteiger partial charge < -0.3 is 19.3 Å². The summed E-state index contributed by atoms with van der Waals surface area (Å²) in [4.78, 5) is 5.16. The first-order valence-electron chi connectivity index (χ1n) is 21.5. The molecule has 0 spiro atoms. The van der Waals surface area contributed by atoms with Crippen molar-refractivity contribution in [3.8, 4) is 22.6 Å². The maximum absolute atomic E-state index is 6.42. The molecular formula is C54H55BN2O2S. The molecule has 0 atom stereocenters. The van der Waals surface area contributed by atoms with Crippen molar-refractivity contribution in [2.75, 3.05) is 23.0 Å². The molecule has 4 heterocycles. The number of nitrogens with zero attached hydrogens (tertiary/aromatic N) is 2. The normalized spacial score (nSPS) is 14.6. The van der Waals surface area contributed by atoms with Gasteiger partial charge in [0, 0.05) is 43.6 Å². The van der Waals surface area contributed by atoms with Crippen LogP contribution in [0, 0.1) is 13.8 Å². The van der Waals surface area contributed by atoms with E-state index in [1.807, 2.05) is 11.3 Å². The van der Waals surface area contributed by atoms with Crippen molar-refractivity contribution >= 4 is 78.0 Å². The molecule has 0 saturated carbocycles. The van der Waals surface area contributed by atoms with Crippen LogP contribution in [0.2, 0.25) is 0 Å². The summed E-state index contributed by atoms with van der Waals surface area (Å²) in [7, 11) is 0. The Morgan fingerprint density at radius 2 is 1.13 bits per heavy atom. The number of hydrogen-bond acceptors (Lipinski definition) is 5. The minimum absolute atomic E-state index is 0.00111. The van der Waals surface area contributed by atoms with Gasteiger partial charge in [0.15, 0.2) is 11.5 Å². The summed E-state index contributed by atoms with van der Waals surface area (Å²) in [6, 6.07) is 41.5. The molecule has 0 amide bonds. The summed E-state index contributed by atoms with van der Waals surface area (Å²) in [5, 5.41) is 1.31. The van der Waals surface area contributed by atoms with Crippen molar-refractivity contribution < 1.29 is 9.47 Å². The Kier molecular flexibility index (Phi) is 8.73.